The lowest BCUT2D eigenvalue weighted by atomic mass is 10.1. The molecule has 1 aromatic carbocycles. The van der Waals surface area contributed by atoms with Gasteiger partial charge in [0.1, 0.15) is 10.7 Å². The highest BCUT2D eigenvalue weighted by molar-refractivity contribution is 7.89. The molecule has 1 aromatic heterocycles. The molecule has 2 aromatic rings. The average molecular weight is 427 g/mol. The summed E-state index contributed by atoms with van der Waals surface area (Å²) in [6.07, 6.45) is 1.33. The van der Waals surface area contributed by atoms with E-state index in [9.17, 15) is 16.8 Å². The molecule has 2 N–H and O–H groups in total. The Morgan fingerprint density at radius 1 is 0.964 bits per heavy atom. The molecule has 8 nitrogen and oxygen atoms in total. The van der Waals surface area contributed by atoms with Crippen molar-refractivity contribution in [2.45, 2.75) is 31.0 Å². The SMILES string of the molecule is CCN(CC)S(=O)(=O)c1ccc(NCc2ccccc2CS(=O)(=O)NC)nc1. The summed E-state index contributed by atoms with van der Waals surface area (Å²) in [5.74, 6) is 0.389. The number of anilines is 1. The molecule has 0 bridgehead atoms. The number of sulfonamides is 2. The van der Waals surface area contributed by atoms with Crippen molar-refractivity contribution in [3.63, 3.8) is 0 Å². The largest absolute Gasteiger partial charge is 0.366 e. The number of hydrogen-bond acceptors (Lipinski definition) is 6. The summed E-state index contributed by atoms with van der Waals surface area (Å²) in [7, 11) is -5.54. The molecule has 1 heterocycles. The smallest absolute Gasteiger partial charge is 0.244 e. The molecule has 154 valence electrons. The van der Waals surface area contributed by atoms with Gasteiger partial charge in [0, 0.05) is 25.8 Å². The lowest BCUT2D eigenvalue weighted by Gasteiger charge is -2.18. The molecule has 0 saturated carbocycles. The van der Waals surface area contributed by atoms with Crippen LogP contribution in [0.1, 0.15) is 25.0 Å². The third kappa shape index (κ3) is 5.51. The summed E-state index contributed by atoms with van der Waals surface area (Å²) in [4.78, 5) is 4.32. The van der Waals surface area contributed by atoms with E-state index in [1.807, 2.05) is 12.1 Å². The molecule has 0 fully saturated rings. The van der Waals surface area contributed by atoms with E-state index in [0.717, 1.165) is 5.56 Å². The number of hydrogen-bond donors (Lipinski definition) is 2. The molecular formula is C18H26N4O4S2. The Labute approximate surface area is 167 Å². The molecule has 0 aliphatic rings. The molecule has 0 radical (unpaired) electrons. The lowest BCUT2D eigenvalue weighted by Crippen LogP contribution is -2.30. The van der Waals surface area contributed by atoms with E-state index in [0.29, 0.717) is 31.0 Å². The van der Waals surface area contributed by atoms with Crippen molar-refractivity contribution in [1.29, 1.82) is 0 Å². The predicted octanol–water partition coefficient (Wildman–Crippen LogP) is 1.77. The van der Waals surface area contributed by atoms with Crippen LogP contribution in [0.3, 0.4) is 0 Å². The van der Waals surface area contributed by atoms with Gasteiger partial charge < -0.3 is 5.32 Å². The van der Waals surface area contributed by atoms with Gasteiger partial charge in [-0.2, -0.15) is 4.31 Å². The number of pyridine rings is 1. The number of aromatic nitrogens is 1. The minimum atomic E-state index is -3.55. The Morgan fingerprint density at radius 3 is 2.14 bits per heavy atom. The van der Waals surface area contributed by atoms with Crippen LogP contribution < -0.4 is 10.0 Å². The summed E-state index contributed by atoms with van der Waals surface area (Å²) < 4.78 is 52.3. The topological polar surface area (TPSA) is 108 Å². The van der Waals surface area contributed by atoms with Gasteiger partial charge in [-0.05, 0) is 30.3 Å². The Bertz CT molecular complexity index is 987. The summed E-state index contributed by atoms with van der Waals surface area (Å²) in [6, 6.07) is 10.3. The van der Waals surface area contributed by atoms with E-state index in [1.165, 1.54) is 23.6 Å². The van der Waals surface area contributed by atoms with Gasteiger partial charge in [0.05, 0.1) is 5.75 Å². The summed E-state index contributed by atoms with van der Waals surface area (Å²) in [5, 5.41) is 3.11. The molecule has 0 saturated heterocycles. The highest BCUT2D eigenvalue weighted by atomic mass is 32.2. The van der Waals surface area contributed by atoms with Gasteiger partial charge in [0.2, 0.25) is 20.0 Å². The van der Waals surface area contributed by atoms with Gasteiger partial charge in [-0.3, -0.25) is 0 Å². The van der Waals surface area contributed by atoms with Crippen LogP contribution in [0.2, 0.25) is 0 Å². The third-order valence-corrected chi connectivity index (χ3v) is 7.66. The van der Waals surface area contributed by atoms with Gasteiger partial charge in [-0.15, -0.1) is 0 Å². The number of nitrogens with one attached hydrogen (secondary N) is 2. The fourth-order valence-corrected chi connectivity index (χ4v) is 4.92. The van der Waals surface area contributed by atoms with Crippen LogP contribution in [0.25, 0.3) is 0 Å². The van der Waals surface area contributed by atoms with Crippen LogP contribution in [0.15, 0.2) is 47.5 Å². The Kier molecular flexibility index (Phi) is 7.53. The fraction of sp³-hybridized carbons (Fsp3) is 0.389. The maximum absolute atomic E-state index is 12.5. The number of nitrogens with zero attached hydrogens (tertiary/aromatic N) is 2. The molecular weight excluding hydrogens is 400 g/mol. The van der Waals surface area contributed by atoms with Crippen LogP contribution in [0, 0.1) is 0 Å². The van der Waals surface area contributed by atoms with Gasteiger partial charge >= 0.3 is 0 Å². The predicted molar refractivity (Wildman–Crippen MR) is 110 cm³/mol. The molecule has 28 heavy (non-hydrogen) atoms. The zero-order valence-corrected chi connectivity index (χ0v) is 17.8. The normalized spacial score (nSPS) is 12.3. The third-order valence-electron chi connectivity index (χ3n) is 4.31. The second-order valence-electron chi connectivity index (χ2n) is 6.05. The maximum atomic E-state index is 12.5. The van der Waals surface area contributed by atoms with E-state index in [1.54, 1.807) is 32.0 Å². The van der Waals surface area contributed by atoms with Crippen molar-refractivity contribution in [3.8, 4) is 0 Å². The summed E-state index contributed by atoms with van der Waals surface area (Å²) in [6.45, 7) is 4.73. The molecule has 10 heteroatoms. The first-order valence-corrected chi connectivity index (χ1v) is 12.0. The lowest BCUT2D eigenvalue weighted by molar-refractivity contribution is 0.445. The highest BCUT2D eigenvalue weighted by Gasteiger charge is 2.21. The van der Waals surface area contributed by atoms with Crippen molar-refractivity contribution < 1.29 is 16.8 Å². The van der Waals surface area contributed by atoms with Crippen molar-refractivity contribution in [2.24, 2.45) is 0 Å². The van der Waals surface area contributed by atoms with E-state index in [4.69, 9.17) is 0 Å². The zero-order valence-electron chi connectivity index (χ0n) is 16.2. The minimum Gasteiger partial charge on any atom is -0.366 e. The van der Waals surface area contributed by atoms with Crippen LogP contribution in [-0.2, 0) is 32.3 Å². The first-order chi connectivity index (χ1) is 13.2. The number of rotatable bonds is 10. The summed E-state index contributed by atoms with van der Waals surface area (Å²) in [5.41, 5.74) is 1.51. The Morgan fingerprint density at radius 2 is 1.61 bits per heavy atom. The molecule has 2 rings (SSSR count). The van der Waals surface area contributed by atoms with Crippen molar-refractivity contribution in [2.75, 3.05) is 25.5 Å². The minimum absolute atomic E-state index is 0.115. The summed E-state index contributed by atoms with van der Waals surface area (Å²) >= 11 is 0. The van der Waals surface area contributed by atoms with Gasteiger partial charge in [-0.1, -0.05) is 38.1 Å². The van der Waals surface area contributed by atoms with E-state index < -0.39 is 20.0 Å². The van der Waals surface area contributed by atoms with Crippen molar-refractivity contribution >= 4 is 25.9 Å². The van der Waals surface area contributed by atoms with E-state index >= 15 is 0 Å². The van der Waals surface area contributed by atoms with Crippen LogP contribution in [-0.4, -0.2) is 46.3 Å². The monoisotopic (exact) mass is 426 g/mol. The first kappa shape index (κ1) is 22.3. The molecule has 0 unspecified atom stereocenters. The number of benzene rings is 1. The van der Waals surface area contributed by atoms with Gasteiger partial charge in [0.15, 0.2) is 0 Å². The second kappa shape index (κ2) is 9.46. The van der Waals surface area contributed by atoms with Crippen LogP contribution in [0.5, 0.6) is 0 Å². The van der Waals surface area contributed by atoms with Gasteiger partial charge in [0.25, 0.3) is 0 Å². The molecule has 0 aliphatic carbocycles. The Balaban J connectivity index is 2.13. The van der Waals surface area contributed by atoms with Crippen LogP contribution >= 0.6 is 0 Å². The standard InChI is InChI=1S/C18H26N4O4S2/c1-4-22(5-2)28(25,26)17-10-11-18(21-13-17)20-12-15-8-6-7-9-16(15)14-27(23,24)19-3/h6-11,13,19H,4-5,12,14H2,1-3H3,(H,20,21). The quantitative estimate of drug-likeness (QED) is 0.599. The molecule has 0 amide bonds. The second-order valence-corrected chi connectivity index (χ2v) is 9.92. The maximum Gasteiger partial charge on any atom is 0.244 e. The van der Waals surface area contributed by atoms with E-state index in [2.05, 4.69) is 15.0 Å². The highest BCUT2D eigenvalue weighted by Crippen LogP contribution is 2.18. The van der Waals surface area contributed by atoms with E-state index in [-0.39, 0.29) is 10.6 Å². The fourth-order valence-electron chi connectivity index (χ4n) is 2.68. The van der Waals surface area contributed by atoms with Crippen molar-refractivity contribution in [1.82, 2.24) is 14.0 Å². The molecule has 0 atom stereocenters. The molecule has 0 aliphatic heterocycles. The Hall–Kier alpha value is -2.01. The van der Waals surface area contributed by atoms with Crippen molar-refractivity contribution in [3.05, 3.63) is 53.7 Å². The average Bonchev–Trinajstić information content (AvgIpc) is 2.68. The van der Waals surface area contributed by atoms with Gasteiger partial charge in [-0.25, -0.2) is 26.5 Å². The zero-order chi connectivity index (χ0) is 20.8. The van der Waals surface area contributed by atoms with Crippen LogP contribution in [0.4, 0.5) is 5.82 Å². The molecule has 0 spiro atoms. The first-order valence-electron chi connectivity index (χ1n) is 8.91.